The topological polar surface area (TPSA) is 40.5 Å². The fraction of sp³-hybridized carbons (Fsp3) is 0.312. The Kier molecular flexibility index (Phi) is 14.6. The molecule has 0 fully saturated rings. The number of halogens is 2. The monoisotopic (exact) mass is 584 g/mol. The van der Waals surface area contributed by atoms with E-state index in [4.69, 9.17) is 10.2 Å². The molecule has 0 unspecified atom stereocenters. The molecule has 4 aromatic carbocycles. The Morgan fingerprint density at radius 3 is 0.865 bits per heavy atom. The minimum Gasteiger partial charge on any atom is -0.508 e. The molecule has 4 rings (SSSR count). The molecule has 2 N–H and O–H groups in total. The first-order valence-corrected chi connectivity index (χ1v) is 12.0. The minimum atomic E-state index is -0.412. The van der Waals surface area contributed by atoms with E-state index in [0.29, 0.717) is 0 Å². The molecule has 0 aromatic heterocycles. The van der Waals surface area contributed by atoms with Crippen molar-refractivity contribution in [3.63, 3.8) is 0 Å². The van der Waals surface area contributed by atoms with Crippen LogP contribution in [-0.2, 0) is 26.2 Å². The van der Waals surface area contributed by atoms with Crippen molar-refractivity contribution >= 4 is 0 Å². The van der Waals surface area contributed by atoms with Gasteiger partial charge in [0.15, 0.2) is 0 Å². The van der Waals surface area contributed by atoms with Gasteiger partial charge >= 0.3 is 26.2 Å². The van der Waals surface area contributed by atoms with Crippen molar-refractivity contribution in [3.8, 4) is 11.5 Å². The first-order chi connectivity index (χ1) is 16.7. The Morgan fingerprint density at radius 2 is 0.757 bits per heavy atom. The van der Waals surface area contributed by atoms with Gasteiger partial charge in [0.25, 0.3) is 0 Å². The molecular weight excluding hydrogens is 546 g/mol. The van der Waals surface area contributed by atoms with Crippen molar-refractivity contribution in [2.75, 3.05) is 0 Å². The minimum absolute atomic E-state index is 0. The zero-order chi connectivity index (χ0) is 27.7. The van der Waals surface area contributed by atoms with E-state index in [1.807, 2.05) is 0 Å². The van der Waals surface area contributed by atoms with Gasteiger partial charge in [0.1, 0.15) is 23.1 Å². The number of hydrogen-bond donors (Lipinski definition) is 2. The van der Waals surface area contributed by atoms with Gasteiger partial charge in [-0.05, 0) is 24.3 Å². The van der Waals surface area contributed by atoms with Crippen LogP contribution in [0, 0.1) is 80.9 Å². The predicted octanol–water partition coefficient (Wildman–Crippen LogP) is 8.96. The number of phenols is 2. The van der Waals surface area contributed by atoms with Crippen molar-refractivity contribution < 1.29 is 45.2 Å². The van der Waals surface area contributed by atoms with Gasteiger partial charge < -0.3 is 10.2 Å². The van der Waals surface area contributed by atoms with Crippen LogP contribution >= 0.6 is 0 Å². The number of benzene rings is 2. The Morgan fingerprint density at radius 1 is 0.514 bits per heavy atom. The largest absolute Gasteiger partial charge is 2.00 e. The van der Waals surface area contributed by atoms with Crippen molar-refractivity contribution in [2.24, 2.45) is 0 Å². The van der Waals surface area contributed by atoms with Crippen LogP contribution in [0.2, 0.25) is 0 Å². The van der Waals surface area contributed by atoms with Crippen LogP contribution in [0.25, 0.3) is 0 Å². The third-order valence-corrected chi connectivity index (χ3v) is 7.24. The number of hydrogen-bond acceptors (Lipinski definition) is 2. The van der Waals surface area contributed by atoms with E-state index < -0.39 is 11.6 Å². The maximum absolute atomic E-state index is 12.0. The van der Waals surface area contributed by atoms with Crippen molar-refractivity contribution in [1.29, 1.82) is 0 Å². The van der Waals surface area contributed by atoms with E-state index in [0.717, 1.165) is 12.1 Å². The first-order valence-electron chi connectivity index (χ1n) is 12.0. The van der Waals surface area contributed by atoms with E-state index in [1.165, 1.54) is 92.0 Å². The third-order valence-electron chi connectivity index (χ3n) is 7.24. The average molecular weight is 586 g/mol. The van der Waals surface area contributed by atoms with Gasteiger partial charge in [0.2, 0.25) is 0 Å². The molecule has 0 bridgehead atoms. The van der Waals surface area contributed by atoms with Gasteiger partial charge in [-0.1, -0.05) is 81.4 Å². The molecule has 0 aliphatic rings. The van der Waals surface area contributed by atoms with Crippen LogP contribution < -0.4 is 0 Å². The number of aromatic hydroxyl groups is 2. The van der Waals surface area contributed by atoms with E-state index in [9.17, 15) is 8.78 Å². The third kappa shape index (κ3) is 10.0. The summed E-state index contributed by atoms with van der Waals surface area (Å²) in [5, 5.41) is 17.1. The quantitative estimate of drug-likeness (QED) is 0.202. The first kappa shape index (κ1) is 34.5. The summed E-state index contributed by atoms with van der Waals surface area (Å²) >= 11 is 0. The zero-order valence-electron chi connectivity index (χ0n) is 23.8. The second-order valence-electron chi connectivity index (χ2n) is 9.21. The summed E-state index contributed by atoms with van der Waals surface area (Å²) < 4.78 is 24.0. The standard InChI is InChI=1S/2C10H15.2C6H5FO.Zr/c2*1-6-7(2)9(4)10(5)8(6)3;2*7-5-2-1-3-6(8)4-5;/h2*1-5H3;2*1-4,8H;/q2*-1;;;+2. The molecule has 0 aliphatic heterocycles. The smallest absolute Gasteiger partial charge is 0.508 e. The zero-order valence-corrected chi connectivity index (χ0v) is 26.2. The molecule has 0 saturated carbocycles. The summed E-state index contributed by atoms with van der Waals surface area (Å²) in [6.07, 6.45) is 0. The van der Waals surface area contributed by atoms with Gasteiger partial charge in [0.05, 0.1) is 0 Å². The summed E-state index contributed by atoms with van der Waals surface area (Å²) in [4.78, 5) is 0. The maximum Gasteiger partial charge on any atom is 2.00 e. The number of phenolic OH excluding ortho intramolecular Hbond substituents is 2. The van der Waals surface area contributed by atoms with Crippen LogP contribution in [0.15, 0.2) is 48.5 Å². The van der Waals surface area contributed by atoms with Crippen LogP contribution in [0.5, 0.6) is 11.5 Å². The van der Waals surface area contributed by atoms with E-state index in [1.54, 1.807) is 0 Å². The fourth-order valence-corrected chi connectivity index (χ4v) is 3.76. The number of rotatable bonds is 0. The molecule has 0 aliphatic carbocycles. The Hall–Kier alpha value is -2.52. The summed E-state index contributed by atoms with van der Waals surface area (Å²) in [7, 11) is 0. The van der Waals surface area contributed by atoms with Gasteiger partial charge in [-0.3, -0.25) is 0 Å². The SMILES string of the molecule is Cc1c(C)c(C)[c-](C)c1C.Cc1c(C)c(C)[c-](C)c1C.Oc1cccc(F)c1.Oc1cccc(F)c1.[Zr+2]. The second-order valence-corrected chi connectivity index (χ2v) is 9.21. The molecular formula is C32H40F2O2Zr. The van der Waals surface area contributed by atoms with Crippen LogP contribution in [0.3, 0.4) is 0 Å². The molecule has 2 nitrogen and oxygen atoms in total. The normalized spacial score (nSPS) is 9.62. The molecule has 0 heterocycles. The van der Waals surface area contributed by atoms with Crippen molar-refractivity contribution in [3.05, 3.63) is 116 Å². The van der Waals surface area contributed by atoms with Gasteiger partial charge in [0, 0.05) is 12.1 Å². The molecule has 198 valence electrons. The van der Waals surface area contributed by atoms with E-state index in [2.05, 4.69) is 69.2 Å². The predicted molar refractivity (Wildman–Crippen MR) is 148 cm³/mol. The Bertz CT molecular complexity index is 988. The molecule has 37 heavy (non-hydrogen) atoms. The van der Waals surface area contributed by atoms with E-state index >= 15 is 0 Å². The average Bonchev–Trinajstić information content (AvgIpc) is 3.10. The Labute approximate surface area is 240 Å². The molecule has 0 amide bonds. The van der Waals surface area contributed by atoms with E-state index in [-0.39, 0.29) is 37.7 Å². The summed E-state index contributed by atoms with van der Waals surface area (Å²) in [6, 6.07) is 10.4. The maximum atomic E-state index is 12.0. The van der Waals surface area contributed by atoms with Gasteiger partial charge in [-0.2, -0.15) is 55.6 Å². The van der Waals surface area contributed by atoms with Crippen LogP contribution in [0.4, 0.5) is 8.78 Å². The van der Waals surface area contributed by atoms with Crippen molar-refractivity contribution in [2.45, 2.75) is 69.2 Å². The van der Waals surface area contributed by atoms with Crippen LogP contribution in [0.1, 0.15) is 55.6 Å². The molecule has 5 heteroatoms. The molecule has 0 atom stereocenters. The van der Waals surface area contributed by atoms with Crippen LogP contribution in [-0.4, -0.2) is 10.2 Å². The summed E-state index contributed by atoms with van der Waals surface area (Å²) in [5.74, 6) is -0.898. The molecule has 4 aromatic rings. The van der Waals surface area contributed by atoms with Gasteiger partial charge in [-0.15, -0.1) is 0 Å². The molecule has 0 radical (unpaired) electrons. The summed E-state index contributed by atoms with van der Waals surface area (Å²) in [5.41, 5.74) is 14.7. The van der Waals surface area contributed by atoms with Gasteiger partial charge in [-0.25, -0.2) is 8.78 Å². The second kappa shape index (κ2) is 15.7. The van der Waals surface area contributed by atoms with Crippen molar-refractivity contribution in [1.82, 2.24) is 0 Å². The Balaban J connectivity index is 0.000000465. The molecule has 0 saturated heterocycles. The fourth-order valence-electron chi connectivity index (χ4n) is 3.76. The summed E-state index contributed by atoms with van der Waals surface area (Å²) in [6.45, 7) is 22.0. The molecule has 0 spiro atoms.